The number of amidine groups is 1. The first-order chi connectivity index (χ1) is 16.2. The molecule has 0 bridgehead atoms. The van der Waals surface area contributed by atoms with E-state index in [1.807, 2.05) is 48.5 Å². The second kappa shape index (κ2) is 8.91. The number of aliphatic imine (C=N–C) groups is 1. The molecule has 4 nitrogen and oxygen atoms in total. The van der Waals surface area contributed by atoms with Gasteiger partial charge in [-0.1, -0.05) is 49.0 Å². The van der Waals surface area contributed by atoms with Crippen LogP contribution in [-0.4, -0.2) is 61.4 Å². The maximum Gasteiger partial charge on any atom is 0.137 e. The summed E-state index contributed by atoms with van der Waals surface area (Å²) in [5, 5.41) is 0. The van der Waals surface area contributed by atoms with E-state index < -0.39 is 26.0 Å². The lowest BCUT2D eigenvalue weighted by atomic mass is 10.1. The van der Waals surface area contributed by atoms with Crippen LogP contribution in [0.15, 0.2) is 63.3 Å². The predicted octanol–water partition coefficient (Wildman–Crippen LogP) is 4.27. The van der Waals surface area contributed by atoms with Crippen LogP contribution in [0.25, 0.3) is 0 Å². The molecule has 0 atom stereocenters. The summed E-state index contributed by atoms with van der Waals surface area (Å²) in [6, 6.07) is 15.9. The van der Waals surface area contributed by atoms with Crippen molar-refractivity contribution in [3.8, 4) is 0 Å². The minimum Gasteiger partial charge on any atom is -0.380 e. The number of hydrogen-bond donors (Lipinski definition) is 0. The van der Waals surface area contributed by atoms with Gasteiger partial charge < -0.3 is 9.64 Å². The highest BCUT2D eigenvalue weighted by Crippen LogP contribution is 2.40. The fourth-order valence-corrected chi connectivity index (χ4v) is 4.12. The van der Waals surface area contributed by atoms with Crippen LogP contribution in [0.5, 0.6) is 0 Å². The first-order valence-corrected chi connectivity index (χ1v) is 9.70. The summed E-state index contributed by atoms with van der Waals surface area (Å²) < 4.78 is 68.6. The molecule has 0 spiro atoms. The molecule has 27 heavy (non-hydrogen) atoms. The molecule has 142 valence electrons. The molecular formula is C22H27N3OS. The summed E-state index contributed by atoms with van der Waals surface area (Å²) in [5.74, 6) is 0.771. The Labute approximate surface area is 177 Å². The molecule has 0 aliphatic carbocycles. The Kier molecular flexibility index (Phi) is 3.71. The summed E-state index contributed by atoms with van der Waals surface area (Å²) in [4.78, 5) is 10.4. The molecule has 2 heterocycles. The fraction of sp³-hybridized carbons (Fsp3) is 0.409. The van der Waals surface area contributed by atoms with Crippen molar-refractivity contribution < 1.29 is 15.7 Å². The van der Waals surface area contributed by atoms with Crippen LogP contribution in [0.1, 0.15) is 29.8 Å². The van der Waals surface area contributed by atoms with Crippen LogP contribution in [0.2, 0.25) is 0 Å². The number of piperazine rings is 1. The Bertz CT molecular complexity index is 1110. The third kappa shape index (κ3) is 4.37. The summed E-state index contributed by atoms with van der Waals surface area (Å²) in [5.41, 5.74) is 1.82. The summed E-state index contributed by atoms with van der Waals surface area (Å²) in [6.07, 6.45) is -2.52. The van der Waals surface area contributed by atoms with Crippen molar-refractivity contribution >= 4 is 23.3 Å². The van der Waals surface area contributed by atoms with Gasteiger partial charge in [0.25, 0.3) is 0 Å². The van der Waals surface area contributed by atoms with E-state index in [1.165, 1.54) is 4.90 Å². The monoisotopic (exact) mass is 389 g/mol. The molecule has 2 aromatic carbocycles. The van der Waals surface area contributed by atoms with Gasteiger partial charge in [-0.25, -0.2) is 4.99 Å². The van der Waals surface area contributed by atoms with Crippen molar-refractivity contribution in [2.75, 3.05) is 45.8 Å². The average Bonchev–Trinajstić information content (AvgIpc) is 2.94. The van der Waals surface area contributed by atoms with E-state index in [0.29, 0.717) is 13.1 Å². The molecule has 0 unspecified atom stereocenters. The number of para-hydroxylation sites is 1. The quantitative estimate of drug-likeness (QED) is 0.763. The average molecular weight is 390 g/mol. The molecule has 1 fully saturated rings. The Morgan fingerprint density at radius 2 is 1.74 bits per heavy atom. The zero-order valence-corrected chi connectivity index (χ0v) is 15.9. The number of hydrogen-bond acceptors (Lipinski definition) is 5. The minimum absolute atomic E-state index is 0.147. The first kappa shape index (κ1) is 11.2. The van der Waals surface area contributed by atoms with Crippen molar-refractivity contribution in [2.45, 2.75) is 23.1 Å². The van der Waals surface area contributed by atoms with Crippen molar-refractivity contribution in [2.24, 2.45) is 4.99 Å². The van der Waals surface area contributed by atoms with Gasteiger partial charge in [-0.3, -0.25) is 4.90 Å². The van der Waals surface area contributed by atoms with Gasteiger partial charge in [0.15, 0.2) is 0 Å². The predicted molar refractivity (Wildman–Crippen MR) is 112 cm³/mol. The molecule has 4 rings (SSSR count). The lowest BCUT2D eigenvalue weighted by Crippen LogP contribution is -2.49. The highest BCUT2D eigenvalue weighted by molar-refractivity contribution is 7.99. The summed E-state index contributed by atoms with van der Waals surface area (Å²) in [7, 11) is 0. The maximum atomic E-state index is 8.42. The van der Waals surface area contributed by atoms with Crippen LogP contribution >= 0.6 is 11.8 Å². The Morgan fingerprint density at radius 3 is 2.56 bits per heavy atom. The first-order valence-electron chi connectivity index (χ1n) is 12.9. The highest BCUT2D eigenvalue weighted by Gasteiger charge is 2.24. The lowest BCUT2D eigenvalue weighted by Gasteiger charge is -2.36. The normalized spacial score (nSPS) is 23.6. The smallest absolute Gasteiger partial charge is 0.137 e. The van der Waals surface area contributed by atoms with E-state index in [0.717, 1.165) is 33.8 Å². The Hall–Kier alpha value is -1.82. The SMILES string of the molecule is [2H]C([2H])(C)C([2H])([2H])OC([2H])([2H])C([2H])([2H])N1CCN(C2=Nc3ccccc3Sc3ccccc32)CC1. The van der Waals surface area contributed by atoms with E-state index in [9.17, 15) is 0 Å². The molecule has 0 N–H and O–H groups in total. The number of nitrogens with zero attached hydrogens (tertiary/aromatic N) is 3. The molecule has 0 amide bonds. The molecule has 0 aromatic heterocycles. The van der Waals surface area contributed by atoms with Crippen LogP contribution in [0.3, 0.4) is 0 Å². The molecule has 2 aliphatic heterocycles. The molecule has 5 heteroatoms. The minimum atomic E-state index is -3.09. The van der Waals surface area contributed by atoms with Gasteiger partial charge in [0.1, 0.15) is 5.84 Å². The van der Waals surface area contributed by atoms with Crippen molar-refractivity contribution in [1.82, 2.24) is 9.80 Å². The number of ether oxygens (including phenoxy) is 1. The van der Waals surface area contributed by atoms with Crippen molar-refractivity contribution in [3.63, 3.8) is 0 Å². The van der Waals surface area contributed by atoms with E-state index in [2.05, 4.69) is 4.90 Å². The van der Waals surface area contributed by atoms with Gasteiger partial charge in [-0.05, 0) is 24.6 Å². The maximum absolute atomic E-state index is 8.42. The molecule has 2 aromatic rings. The third-order valence-electron chi connectivity index (χ3n) is 4.43. The molecular weight excluding hydrogens is 354 g/mol. The zero-order valence-electron chi connectivity index (χ0n) is 23.1. The molecule has 2 aliphatic rings. The van der Waals surface area contributed by atoms with Gasteiger partial charge in [0.2, 0.25) is 0 Å². The van der Waals surface area contributed by atoms with Gasteiger partial charge in [-0.2, -0.15) is 0 Å². The van der Waals surface area contributed by atoms with E-state index in [-0.39, 0.29) is 13.1 Å². The fourth-order valence-electron chi connectivity index (χ4n) is 3.10. The lowest BCUT2D eigenvalue weighted by molar-refractivity contribution is 0.0892. The van der Waals surface area contributed by atoms with Crippen LogP contribution in [0.4, 0.5) is 5.69 Å². The Balaban J connectivity index is 1.55. The topological polar surface area (TPSA) is 28.1 Å². The second-order valence-corrected chi connectivity index (χ2v) is 7.23. The third-order valence-corrected chi connectivity index (χ3v) is 5.57. The number of rotatable bonds is 5. The number of fused-ring (bicyclic) bond motifs is 2. The summed E-state index contributed by atoms with van der Waals surface area (Å²) >= 11 is 1.64. The van der Waals surface area contributed by atoms with Gasteiger partial charge in [0.05, 0.1) is 17.7 Å². The number of benzene rings is 2. The van der Waals surface area contributed by atoms with E-state index in [1.54, 1.807) is 11.8 Å². The van der Waals surface area contributed by atoms with Gasteiger partial charge in [-0.15, -0.1) is 0 Å². The van der Waals surface area contributed by atoms with Crippen molar-refractivity contribution in [3.05, 3.63) is 54.1 Å². The van der Waals surface area contributed by atoms with E-state index >= 15 is 0 Å². The van der Waals surface area contributed by atoms with Crippen molar-refractivity contribution in [1.29, 1.82) is 0 Å². The molecule has 1 saturated heterocycles. The van der Waals surface area contributed by atoms with E-state index in [4.69, 9.17) is 20.7 Å². The second-order valence-electron chi connectivity index (χ2n) is 6.14. The Morgan fingerprint density at radius 1 is 1.00 bits per heavy atom. The van der Waals surface area contributed by atoms with Crippen LogP contribution < -0.4 is 0 Å². The zero-order chi connectivity index (χ0) is 25.6. The standard InChI is InChI=1S/C22H27N3OS/c1-2-16-26-17-15-24-11-13-25(14-12-24)22-18-7-3-5-9-20(18)27-21-10-6-4-8-19(21)23-22/h3-10H,2,11-17H2,1H3/i2D2,15D2,16D2,17D2. The largest absolute Gasteiger partial charge is 0.380 e. The van der Waals surface area contributed by atoms with Gasteiger partial charge in [0, 0.05) is 60.1 Å². The molecule has 0 radical (unpaired) electrons. The van der Waals surface area contributed by atoms with Gasteiger partial charge >= 0.3 is 0 Å². The molecule has 0 saturated carbocycles. The summed E-state index contributed by atoms with van der Waals surface area (Å²) in [6.45, 7) is -6.84. The highest BCUT2D eigenvalue weighted by atomic mass is 32.2. The van der Waals surface area contributed by atoms with Crippen LogP contribution in [-0.2, 0) is 4.74 Å². The van der Waals surface area contributed by atoms with Crippen LogP contribution in [0, 0.1) is 0 Å².